The van der Waals surface area contributed by atoms with Crippen LogP contribution in [0.4, 0.5) is 0 Å². The lowest BCUT2D eigenvalue weighted by Crippen LogP contribution is -2.10. The zero-order valence-electron chi connectivity index (χ0n) is 10.4. The standard InChI is InChI=1S/C14H22OS/c1-3-5-6-12(4-2)9-14(15)10-13-7-8-16-11-13/h7-8,11-12H,3-6,9-10H2,1-2H3. The molecule has 0 saturated carbocycles. The van der Waals surface area contributed by atoms with Crippen LogP contribution < -0.4 is 0 Å². The summed E-state index contributed by atoms with van der Waals surface area (Å²) in [6.07, 6.45) is 6.23. The zero-order valence-corrected chi connectivity index (χ0v) is 11.2. The van der Waals surface area contributed by atoms with Crippen molar-refractivity contribution in [1.29, 1.82) is 0 Å². The Kier molecular flexibility index (Phi) is 6.39. The van der Waals surface area contributed by atoms with Gasteiger partial charge in [0, 0.05) is 12.8 Å². The number of Topliss-reactive ketones (excluding diaryl/α,β-unsaturated/α-hetero) is 1. The molecule has 0 saturated heterocycles. The van der Waals surface area contributed by atoms with E-state index in [1.807, 2.05) is 5.38 Å². The second-order valence-electron chi connectivity index (χ2n) is 4.47. The van der Waals surface area contributed by atoms with Crippen molar-refractivity contribution < 1.29 is 4.79 Å². The number of hydrogen-bond donors (Lipinski definition) is 0. The van der Waals surface area contributed by atoms with Crippen LogP contribution in [0.5, 0.6) is 0 Å². The summed E-state index contributed by atoms with van der Waals surface area (Å²) in [6.45, 7) is 4.40. The minimum absolute atomic E-state index is 0.404. The fourth-order valence-corrected chi connectivity index (χ4v) is 2.63. The first-order valence-corrected chi connectivity index (χ1v) is 7.23. The largest absolute Gasteiger partial charge is 0.299 e. The Balaban J connectivity index is 2.31. The van der Waals surface area contributed by atoms with Gasteiger partial charge in [0.25, 0.3) is 0 Å². The highest BCUT2D eigenvalue weighted by Gasteiger charge is 2.12. The van der Waals surface area contributed by atoms with E-state index in [1.165, 1.54) is 24.8 Å². The highest BCUT2D eigenvalue weighted by molar-refractivity contribution is 7.07. The van der Waals surface area contributed by atoms with Crippen LogP contribution in [0.1, 0.15) is 51.5 Å². The fourth-order valence-electron chi connectivity index (χ4n) is 1.96. The van der Waals surface area contributed by atoms with Crippen molar-refractivity contribution >= 4 is 17.1 Å². The van der Waals surface area contributed by atoms with Crippen molar-refractivity contribution in [1.82, 2.24) is 0 Å². The van der Waals surface area contributed by atoms with Crippen LogP contribution in [0.25, 0.3) is 0 Å². The van der Waals surface area contributed by atoms with Crippen molar-refractivity contribution in [2.45, 2.75) is 52.4 Å². The predicted octanol–water partition coefficient (Wildman–Crippen LogP) is 4.47. The molecular weight excluding hydrogens is 216 g/mol. The van der Waals surface area contributed by atoms with Crippen LogP contribution in [-0.2, 0) is 11.2 Å². The molecule has 1 unspecified atom stereocenters. The summed E-state index contributed by atoms with van der Waals surface area (Å²) in [4.78, 5) is 11.8. The molecule has 0 aliphatic heterocycles. The van der Waals surface area contributed by atoms with Gasteiger partial charge in [0.15, 0.2) is 0 Å². The number of ketones is 1. The molecule has 1 aromatic rings. The molecule has 1 nitrogen and oxygen atoms in total. The Morgan fingerprint density at radius 1 is 1.44 bits per heavy atom. The van der Waals surface area contributed by atoms with Crippen LogP contribution in [-0.4, -0.2) is 5.78 Å². The van der Waals surface area contributed by atoms with Crippen molar-refractivity contribution in [3.63, 3.8) is 0 Å². The third-order valence-corrected chi connectivity index (χ3v) is 3.77. The van der Waals surface area contributed by atoms with E-state index in [2.05, 4.69) is 25.3 Å². The molecule has 1 atom stereocenters. The van der Waals surface area contributed by atoms with E-state index in [4.69, 9.17) is 0 Å². The van der Waals surface area contributed by atoms with Crippen LogP contribution in [0.2, 0.25) is 0 Å². The SMILES string of the molecule is CCCCC(CC)CC(=O)Cc1ccsc1. The second-order valence-corrected chi connectivity index (χ2v) is 5.25. The van der Waals surface area contributed by atoms with Gasteiger partial charge in [-0.3, -0.25) is 4.79 Å². The normalized spacial score (nSPS) is 12.6. The summed E-state index contributed by atoms with van der Waals surface area (Å²) in [5.74, 6) is 1.01. The summed E-state index contributed by atoms with van der Waals surface area (Å²) in [5.41, 5.74) is 1.18. The van der Waals surface area contributed by atoms with Gasteiger partial charge in [0.1, 0.15) is 5.78 Å². The van der Waals surface area contributed by atoms with E-state index in [-0.39, 0.29) is 0 Å². The summed E-state index contributed by atoms with van der Waals surface area (Å²) >= 11 is 1.67. The summed E-state index contributed by atoms with van der Waals surface area (Å²) < 4.78 is 0. The number of carbonyl (C=O) groups excluding carboxylic acids is 1. The Labute approximate surface area is 103 Å². The molecule has 90 valence electrons. The molecule has 0 spiro atoms. The van der Waals surface area contributed by atoms with E-state index in [0.29, 0.717) is 18.1 Å². The van der Waals surface area contributed by atoms with Gasteiger partial charge in [-0.1, -0.05) is 39.5 Å². The van der Waals surface area contributed by atoms with E-state index < -0.39 is 0 Å². The zero-order chi connectivity index (χ0) is 11.8. The first kappa shape index (κ1) is 13.4. The number of thiophene rings is 1. The first-order chi connectivity index (χ1) is 7.76. The van der Waals surface area contributed by atoms with Gasteiger partial charge in [-0.05, 0) is 28.3 Å². The van der Waals surface area contributed by atoms with Crippen LogP contribution >= 0.6 is 11.3 Å². The van der Waals surface area contributed by atoms with Crippen molar-refractivity contribution in [2.24, 2.45) is 5.92 Å². The van der Waals surface area contributed by atoms with Crippen LogP contribution in [0.15, 0.2) is 16.8 Å². The number of rotatable bonds is 8. The van der Waals surface area contributed by atoms with Gasteiger partial charge in [0.05, 0.1) is 0 Å². The Morgan fingerprint density at radius 2 is 2.25 bits per heavy atom. The molecule has 0 fully saturated rings. The summed E-state index contributed by atoms with van der Waals surface area (Å²) in [6, 6.07) is 2.05. The van der Waals surface area contributed by atoms with Gasteiger partial charge in [-0.15, -0.1) is 0 Å². The molecule has 0 N–H and O–H groups in total. The molecular formula is C14H22OS. The molecule has 0 aliphatic carbocycles. The smallest absolute Gasteiger partial charge is 0.137 e. The molecule has 0 radical (unpaired) electrons. The van der Waals surface area contributed by atoms with Gasteiger partial charge in [-0.2, -0.15) is 11.3 Å². The molecule has 0 amide bonds. The van der Waals surface area contributed by atoms with Crippen LogP contribution in [0.3, 0.4) is 0 Å². The lowest BCUT2D eigenvalue weighted by Gasteiger charge is -2.12. The topological polar surface area (TPSA) is 17.1 Å². The quantitative estimate of drug-likeness (QED) is 0.653. The monoisotopic (exact) mass is 238 g/mol. The maximum Gasteiger partial charge on any atom is 0.137 e. The molecule has 2 heteroatoms. The molecule has 16 heavy (non-hydrogen) atoms. The molecule has 0 aromatic carbocycles. The highest BCUT2D eigenvalue weighted by Crippen LogP contribution is 2.18. The van der Waals surface area contributed by atoms with Crippen LogP contribution in [0, 0.1) is 5.92 Å². The molecule has 1 rings (SSSR count). The number of carbonyl (C=O) groups is 1. The molecule has 0 aliphatic rings. The third kappa shape index (κ3) is 4.93. The maximum atomic E-state index is 11.8. The van der Waals surface area contributed by atoms with E-state index >= 15 is 0 Å². The van der Waals surface area contributed by atoms with Crippen molar-refractivity contribution in [3.8, 4) is 0 Å². The number of unbranched alkanes of at least 4 members (excludes halogenated alkanes) is 1. The summed E-state index contributed by atoms with van der Waals surface area (Å²) in [5, 5.41) is 4.11. The third-order valence-electron chi connectivity index (χ3n) is 3.04. The predicted molar refractivity (Wildman–Crippen MR) is 71.0 cm³/mol. The average molecular weight is 238 g/mol. The Morgan fingerprint density at radius 3 is 2.81 bits per heavy atom. The van der Waals surface area contributed by atoms with Crippen molar-refractivity contribution in [2.75, 3.05) is 0 Å². The fraction of sp³-hybridized carbons (Fsp3) is 0.643. The van der Waals surface area contributed by atoms with E-state index in [1.54, 1.807) is 11.3 Å². The molecule has 0 bridgehead atoms. The lowest BCUT2D eigenvalue weighted by atomic mass is 9.92. The van der Waals surface area contributed by atoms with Gasteiger partial charge in [0.2, 0.25) is 0 Å². The first-order valence-electron chi connectivity index (χ1n) is 6.29. The van der Waals surface area contributed by atoms with Crippen molar-refractivity contribution in [3.05, 3.63) is 22.4 Å². The second kappa shape index (κ2) is 7.61. The number of hydrogen-bond acceptors (Lipinski definition) is 2. The molecule has 1 aromatic heterocycles. The minimum atomic E-state index is 0.404. The van der Waals surface area contributed by atoms with E-state index in [9.17, 15) is 4.79 Å². The van der Waals surface area contributed by atoms with Gasteiger partial charge in [-0.25, -0.2) is 0 Å². The van der Waals surface area contributed by atoms with Gasteiger partial charge >= 0.3 is 0 Å². The maximum absolute atomic E-state index is 11.8. The minimum Gasteiger partial charge on any atom is -0.299 e. The Bertz CT molecular complexity index is 290. The highest BCUT2D eigenvalue weighted by atomic mass is 32.1. The average Bonchev–Trinajstić information content (AvgIpc) is 2.76. The Hall–Kier alpha value is -0.630. The van der Waals surface area contributed by atoms with E-state index in [0.717, 1.165) is 12.8 Å². The molecule has 1 heterocycles. The summed E-state index contributed by atoms with van der Waals surface area (Å²) in [7, 11) is 0. The lowest BCUT2D eigenvalue weighted by molar-refractivity contribution is -0.119. The van der Waals surface area contributed by atoms with Gasteiger partial charge < -0.3 is 0 Å².